The van der Waals surface area contributed by atoms with Crippen LogP contribution < -0.4 is 0 Å². The molecule has 0 atom stereocenters. The number of benzene rings is 1. The maximum atomic E-state index is 6.95. The zero-order valence-electron chi connectivity index (χ0n) is 6.78. The molecule has 0 aliphatic carbocycles. The second-order valence-electron chi connectivity index (χ2n) is 2.75. The Morgan fingerprint density at radius 1 is 1.33 bits per heavy atom. The molecule has 0 bridgehead atoms. The van der Waals surface area contributed by atoms with E-state index in [1.54, 1.807) is 0 Å². The fourth-order valence-corrected chi connectivity index (χ4v) is 1.41. The van der Waals surface area contributed by atoms with E-state index in [4.69, 9.17) is 6.57 Å². The molecule has 0 saturated carbocycles. The molecule has 1 aromatic heterocycles. The molecule has 12 heavy (non-hydrogen) atoms. The Morgan fingerprint density at radius 3 is 2.83 bits per heavy atom. The molecular formula is C10H8N2. The summed E-state index contributed by atoms with van der Waals surface area (Å²) in [4.78, 5) is 3.45. The lowest BCUT2D eigenvalue weighted by molar-refractivity contribution is 0.971. The summed E-state index contributed by atoms with van der Waals surface area (Å²) in [5.74, 6) is 0. The first kappa shape index (κ1) is 6.93. The number of para-hydroxylation sites is 1. The van der Waals surface area contributed by atoms with E-state index in [1.165, 1.54) is 0 Å². The van der Waals surface area contributed by atoms with Gasteiger partial charge in [0.2, 0.25) is 5.69 Å². The number of aryl methyl sites for hydroxylation is 1. The predicted molar refractivity (Wildman–Crippen MR) is 49.2 cm³/mol. The van der Waals surface area contributed by atoms with Gasteiger partial charge in [-0.1, -0.05) is 18.2 Å². The number of hydrogen-bond donors (Lipinski definition) is 0. The lowest BCUT2D eigenvalue weighted by atomic mass is 10.2. The van der Waals surface area contributed by atoms with Crippen molar-refractivity contribution in [2.45, 2.75) is 0 Å². The van der Waals surface area contributed by atoms with Crippen LogP contribution in [0.25, 0.3) is 15.7 Å². The van der Waals surface area contributed by atoms with Crippen molar-refractivity contribution in [3.63, 3.8) is 0 Å². The van der Waals surface area contributed by atoms with Gasteiger partial charge in [0.25, 0.3) is 0 Å². The number of fused-ring (bicyclic) bond motifs is 1. The van der Waals surface area contributed by atoms with Crippen LogP contribution >= 0.6 is 0 Å². The standard InChI is InChI=1S/C10H8N2/c1-11-9-7-12(2)10-6-4-3-5-8(9)10/h3-7H,2H3. The molecule has 0 saturated heterocycles. The van der Waals surface area contributed by atoms with E-state index in [-0.39, 0.29) is 0 Å². The van der Waals surface area contributed by atoms with Crippen molar-refractivity contribution in [1.82, 2.24) is 4.57 Å². The van der Waals surface area contributed by atoms with Crippen molar-refractivity contribution in [3.05, 3.63) is 41.9 Å². The Morgan fingerprint density at radius 2 is 2.08 bits per heavy atom. The number of rotatable bonds is 0. The SMILES string of the molecule is [C-]#[N+]c1cn(C)c2ccccc12. The van der Waals surface area contributed by atoms with Gasteiger partial charge in [-0.15, -0.1) is 0 Å². The molecule has 0 fully saturated rings. The number of hydrogen-bond acceptors (Lipinski definition) is 0. The third-order valence-corrected chi connectivity index (χ3v) is 2.00. The minimum Gasteiger partial charge on any atom is -0.362 e. The topological polar surface area (TPSA) is 9.29 Å². The molecule has 0 aliphatic heterocycles. The molecule has 2 rings (SSSR count). The maximum Gasteiger partial charge on any atom is 0.212 e. The average molecular weight is 156 g/mol. The van der Waals surface area contributed by atoms with Crippen molar-refractivity contribution in [2.75, 3.05) is 0 Å². The molecule has 2 aromatic rings. The molecule has 1 heterocycles. The zero-order valence-corrected chi connectivity index (χ0v) is 6.78. The van der Waals surface area contributed by atoms with Crippen molar-refractivity contribution < 1.29 is 0 Å². The summed E-state index contributed by atoms with van der Waals surface area (Å²) in [5.41, 5.74) is 1.84. The van der Waals surface area contributed by atoms with Gasteiger partial charge in [-0.2, -0.15) is 0 Å². The van der Waals surface area contributed by atoms with Crippen LogP contribution in [0, 0.1) is 6.57 Å². The monoisotopic (exact) mass is 156 g/mol. The fourth-order valence-electron chi connectivity index (χ4n) is 1.41. The average Bonchev–Trinajstić information content (AvgIpc) is 2.44. The molecule has 2 heteroatoms. The second-order valence-corrected chi connectivity index (χ2v) is 2.75. The van der Waals surface area contributed by atoms with Crippen LogP contribution in [0.4, 0.5) is 5.69 Å². The first-order valence-electron chi connectivity index (χ1n) is 3.74. The predicted octanol–water partition coefficient (Wildman–Crippen LogP) is 2.73. The fraction of sp³-hybridized carbons (Fsp3) is 0.100. The third kappa shape index (κ3) is 0.802. The highest BCUT2D eigenvalue weighted by Crippen LogP contribution is 2.26. The quantitative estimate of drug-likeness (QED) is 0.519. The minimum absolute atomic E-state index is 0.730. The summed E-state index contributed by atoms with van der Waals surface area (Å²) in [6.07, 6.45) is 1.86. The van der Waals surface area contributed by atoms with Crippen LogP contribution in [0.3, 0.4) is 0 Å². The second kappa shape index (κ2) is 2.38. The van der Waals surface area contributed by atoms with Crippen LogP contribution in [-0.4, -0.2) is 4.57 Å². The van der Waals surface area contributed by atoms with Gasteiger partial charge < -0.3 is 4.57 Å². The normalized spacial score (nSPS) is 10.0. The largest absolute Gasteiger partial charge is 0.362 e. The molecule has 0 radical (unpaired) electrons. The van der Waals surface area contributed by atoms with Gasteiger partial charge in [0.05, 0.1) is 6.57 Å². The Bertz CT molecular complexity index is 460. The minimum atomic E-state index is 0.730. The van der Waals surface area contributed by atoms with Crippen LogP contribution in [0.15, 0.2) is 30.5 Å². The van der Waals surface area contributed by atoms with Gasteiger partial charge in [0, 0.05) is 24.1 Å². The Kier molecular flexibility index (Phi) is 1.38. The van der Waals surface area contributed by atoms with Gasteiger partial charge in [-0.25, -0.2) is 4.85 Å². The van der Waals surface area contributed by atoms with E-state index in [1.807, 2.05) is 42.1 Å². The van der Waals surface area contributed by atoms with Gasteiger partial charge in [0.1, 0.15) is 0 Å². The molecular weight excluding hydrogens is 148 g/mol. The van der Waals surface area contributed by atoms with Gasteiger partial charge in [0.15, 0.2) is 0 Å². The van der Waals surface area contributed by atoms with Gasteiger partial charge in [-0.05, 0) is 6.07 Å². The Hall–Kier alpha value is -1.75. The van der Waals surface area contributed by atoms with Crippen LogP contribution in [-0.2, 0) is 7.05 Å². The van der Waals surface area contributed by atoms with E-state index in [0.717, 1.165) is 16.6 Å². The van der Waals surface area contributed by atoms with Gasteiger partial charge >= 0.3 is 0 Å². The van der Waals surface area contributed by atoms with Crippen LogP contribution in [0.2, 0.25) is 0 Å². The van der Waals surface area contributed by atoms with E-state index in [0.29, 0.717) is 0 Å². The third-order valence-electron chi connectivity index (χ3n) is 2.00. The first-order valence-corrected chi connectivity index (χ1v) is 3.74. The van der Waals surface area contributed by atoms with Crippen molar-refractivity contribution in [3.8, 4) is 0 Å². The zero-order chi connectivity index (χ0) is 8.55. The van der Waals surface area contributed by atoms with Gasteiger partial charge in [-0.3, -0.25) is 0 Å². The summed E-state index contributed by atoms with van der Waals surface area (Å²) in [5, 5.41) is 1.04. The molecule has 0 amide bonds. The number of nitrogens with zero attached hydrogens (tertiary/aromatic N) is 2. The molecule has 0 N–H and O–H groups in total. The maximum absolute atomic E-state index is 6.95. The number of aromatic nitrogens is 1. The molecule has 0 spiro atoms. The van der Waals surface area contributed by atoms with E-state index >= 15 is 0 Å². The van der Waals surface area contributed by atoms with Crippen molar-refractivity contribution in [1.29, 1.82) is 0 Å². The van der Waals surface area contributed by atoms with E-state index in [9.17, 15) is 0 Å². The summed E-state index contributed by atoms with van der Waals surface area (Å²) in [7, 11) is 1.96. The Labute approximate surface area is 70.9 Å². The summed E-state index contributed by atoms with van der Waals surface area (Å²) < 4.78 is 1.97. The molecule has 0 aliphatic rings. The highest BCUT2D eigenvalue weighted by atomic mass is 14.9. The smallest absolute Gasteiger partial charge is 0.212 e. The molecule has 58 valence electrons. The molecule has 1 aromatic carbocycles. The Balaban J connectivity index is 2.94. The van der Waals surface area contributed by atoms with Crippen LogP contribution in [0.5, 0.6) is 0 Å². The highest BCUT2D eigenvalue weighted by Gasteiger charge is 2.03. The first-order chi connectivity index (χ1) is 5.83. The van der Waals surface area contributed by atoms with E-state index in [2.05, 4.69) is 4.85 Å². The lowest BCUT2D eigenvalue weighted by Gasteiger charge is -1.93. The summed E-state index contributed by atoms with van der Waals surface area (Å²) in [6, 6.07) is 7.93. The molecule has 2 nitrogen and oxygen atoms in total. The molecule has 0 unspecified atom stereocenters. The highest BCUT2D eigenvalue weighted by molar-refractivity contribution is 5.93. The van der Waals surface area contributed by atoms with Crippen molar-refractivity contribution in [2.24, 2.45) is 7.05 Å². The lowest BCUT2D eigenvalue weighted by Crippen LogP contribution is -1.81. The van der Waals surface area contributed by atoms with Crippen LogP contribution in [0.1, 0.15) is 0 Å². The summed E-state index contributed by atoms with van der Waals surface area (Å²) in [6.45, 7) is 6.95. The van der Waals surface area contributed by atoms with Crippen molar-refractivity contribution >= 4 is 16.6 Å². The summed E-state index contributed by atoms with van der Waals surface area (Å²) >= 11 is 0. The van der Waals surface area contributed by atoms with E-state index < -0.39 is 0 Å².